The molecule has 0 spiro atoms. The Balaban J connectivity index is 4.21. The zero-order chi connectivity index (χ0) is 11.2. The Morgan fingerprint density at radius 2 is 2.07 bits per heavy atom. The van der Waals surface area contributed by atoms with Crippen molar-refractivity contribution >= 4 is 5.97 Å². The van der Waals surface area contributed by atoms with Gasteiger partial charge in [0.1, 0.15) is 0 Å². The van der Waals surface area contributed by atoms with Gasteiger partial charge in [0, 0.05) is 6.42 Å². The van der Waals surface area contributed by atoms with E-state index in [1.807, 2.05) is 0 Å². The van der Waals surface area contributed by atoms with Crippen LogP contribution in [0.4, 0.5) is 13.2 Å². The summed E-state index contributed by atoms with van der Waals surface area (Å²) in [6.07, 6.45) is -2.84. The van der Waals surface area contributed by atoms with Crippen molar-refractivity contribution in [1.82, 2.24) is 0 Å². The lowest BCUT2D eigenvalue weighted by Crippen LogP contribution is -2.10. The standard InChI is InChI=1S/C9H11F3O2/c1-3-7(9(10,11)12)5-4-6-8(13)14-2/h3,5H,1,4,6H2,2H3/b7-5+. The molecule has 0 atom stereocenters. The second-order valence-corrected chi connectivity index (χ2v) is 2.48. The van der Waals surface area contributed by atoms with E-state index in [9.17, 15) is 18.0 Å². The first-order valence-corrected chi connectivity index (χ1v) is 3.88. The van der Waals surface area contributed by atoms with Gasteiger partial charge in [-0.15, -0.1) is 0 Å². The zero-order valence-corrected chi connectivity index (χ0v) is 7.73. The lowest BCUT2D eigenvalue weighted by molar-refractivity contribution is -0.140. The van der Waals surface area contributed by atoms with Crippen LogP contribution < -0.4 is 0 Å². The van der Waals surface area contributed by atoms with Crippen LogP contribution in [0.15, 0.2) is 24.3 Å². The average molecular weight is 208 g/mol. The van der Waals surface area contributed by atoms with Crippen molar-refractivity contribution in [3.8, 4) is 0 Å². The highest BCUT2D eigenvalue weighted by Gasteiger charge is 2.30. The molecule has 0 aromatic heterocycles. The first-order chi connectivity index (χ1) is 6.41. The van der Waals surface area contributed by atoms with Crippen molar-refractivity contribution < 1.29 is 22.7 Å². The summed E-state index contributed by atoms with van der Waals surface area (Å²) in [6.45, 7) is 3.04. The van der Waals surface area contributed by atoms with E-state index >= 15 is 0 Å². The lowest BCUT2D eigenvalue weighted by Gasteiger charge is -2.06. The molecule has 0 aromatic carbocycles. The van der Waals surface area contributed by atoms with Gasteiger partial charge in [-0.2, -0.15) is 13.2 Å². The average Bonchev–Trinajstić information content (AvgIpc) is 2.09. The van der Waals surface area contributed by atoms with E-state index in [2.05, 4.69) is 11.3 Å². The van der Waals surface area contributed by atoms with E-state index in [4.69, 9.17) is 0 Å². The number of rotatable bonds is 4. The summed E-state index contributed by atoms with van der Waals surface area (Å²) in [7, 11) is 1.18. The van der Waals surface area contributed by atoms with Gasteiger partial charge < -0.3 is 4.74 Å². The zero-order valence-electron chi connectivity index (χ0n) is 7.73. The fourth-order valence-electron chi connectivity index (χ4n) is 0.762. The molecule has 0 heterocycles. The van der Waals surface area contributed by atoms with Gasteiger partial charge in [0.25, 0.3) is 0 Å². The number of methoxy groups -OCH3 is 1. The molecule has 0 aliphatic rings. The van der Waals surface area contributed by atoms with Gasteiger partial charge in [-0.1, -0.05) is 18.7 Å². The Bertz CT molecular complexity index is 241. The molecular formula is C9H11F3O2. The molecule has 2 nitrogen and oxygen atoms in total. The van der Waals surface area contributed by atoms with Gasteiger partial charge in [0.05, 0.1) is 12.7 Å². The third kappa shape index (κ3) is 4.69. The highest BCUT2D eigenvalue weighted by atomic mass is 19.4. The molecule has 0 amide bonds. The summed E-state index contributed by atoms with van der Waals surface area (Å²) in [5.74, 6) is -0.535. The van der Waals surface area contributed by atoms with E-state index in [1.165, 1.54) is 7.11 Å². The molecule has 0 N–H and O–H groups in total. The van der Waals surface area contributed by atoms with Crippen LogP contribution in [0.25, 0.3) is 0 Å². The van der Waals surface area contributed by atoms with Crippen LogP contribution in [0.1, 0.15) is 12.8 Å². The predicted molar refractivity (Wildman–Crippen MR) is 45.6 cm³/mol. The molecule has 5 heteroatoms. The third-order valence-electron chi connectivity index (χ3n) is 1.49. The molecule has 14 heavy (non-hydrogen) atoms. The minimum absolute atomic E-state index is 0.00641. The van der Waals surface area contributed by atoms with Crippen molar-refractivity contribution in [2.24, 2.45) is 0 Å². The second-order valence-electron chi connectivity index (χ2n) is 2.48. The number of allylic oxidation sites excluding steroid dienone is 3. The Hall–Kier alpha value is -1.26. The van der Waals surface area contributed by atoms with Crippen LogP contribution in [-0.4, -0.2) is 19.3 Å². The molecule has 0 aliphatic heterocycles. The first kappa shape index (κ1) is 12.7. The minimum atomic E-state index is -4.40. The molecule has 0 rings (SSSR count). The normalized spacial score (nSPS) is 12.4. The topological polar surface area (TPSA) is 26.3 Å². The Labute approximate surface area is 80.1 Å². The van der Waals surface area contributed by atoms with Gasteiger partial charge in [-0.3, -0.25) is 4.79 Å². The monoisotopic (exact) mass is 208 g/mol. The number of hydrogen-bond donors (Lipinski definition) is 0. The number of ether oxygens (including phenoxy) is 1. The molecule has 0 unspecified atom stereocenters. The summed E-state index contributed by atoms with van der Waals surface area (Å²) >= 11 is 0. The van der Waals surface area contributed by atoms with E-state index in [-0.39, 0.29) is 12.8 Å². The van der Waals surface area contributed by atoms with Crippen LogP contribution in [-0.2, 0) is 9.53 Å². The molecule has 0 bridgehead atoms. The van der Waals surface area contributed by atoms with E-state index in [1.54, 1.807) is 0 Å². The summed E-state index contributed by atoms with van der Waals surface area (Å²) in [6, 6.07) is 0. The van der Waals surface area contributed by atoms with Crippen molar-refractivity contribution in [1.29, 1.82) is 0 Å². The van der Waals surface area contributed by atoms with Gasteiger partial charge in [0.15, 0.2) is 0 Å². The quantitative estimate of drug-likeness (QED) is 0.524. The van der Waals surface area contributed by atoms with Gasteiger partial charge in [0.2, 0.25) is 0 Å². The van der Waals surface area contributed by atoms with Crippen LogP contribution in [0.3, 0.4) is 0 Å². The van der Waals surface area contributed by atoms with Gasteiger partial charge in [-0.05, 0) is 6.42 Å². The summed E-state index contributed by atoms with van der Waals surface area (Å²) in [5.41, 5.74) is -0.832. The molecule has 0 radical (unpaired) electrons. The molecule has 0 saturated carbocycles. The molecule has 0 aromatic rings. The number of halogens is 3. The highest BCUT2D eigenvalue weighted by Crippen LogP contribution is 2.26. The van der Waals surface area contributed by atoms with Crippen LogP contribution in [0, 0.1) is 0 Å². The largest absolute Gasteiger partial charge is 0.469 e. The molecule has 0 saturated heterocycles. The van der Waals surface area contributed by atoms with Crippen molar-refractivity contribution in [2.45, 2.75) is 19.0 Å². The van der Waals surface area contributed by atoms with Crippen molar-refractivity contribution in [2.75, 3.05) is 7.11 Å². The number of hydrogen-bond acceptors (Lipinski definition) is 2. The van der Waals surface area contributed by atoms with Gasteiger partial charge in [-0.25, -0.2) is 0 Å². The summed E-state index contributed by atoms with van der Waals surface area (Å²) < 4.78 is 40.5. The van der Waals surface area contributed by atoms with Crippen molar-refractivity contribution in [3.63, 3.8) is 0 Å². The number of esters is 1. The maximum atomic E-state index is 12.1. The van der Waals surface area contributed by atoms with Gasteiger partial charge >= 0.3 is 12.1 Å². The Morgan fingerprint density at radius 1 is 1.50 bits per heavy atom. The predicted octanol–water partition coefficient (Wildman–Crippen LogP) is 2.61. The van der Waals surface area contributed by atoms with E-state index in [0.29, 0.717) is 0 Å². The summed E-state index contributed by atoms with van der Waals surface area (Å²) in [5, 5.41) is 0. The molecular weight excluding hydrogens is 197 g/mol. The lowest BCUT2D eigenvalue weighted by atomic mass is 10.2. The SMILES string of the molecule is C=C/C(=C\CCC(=O)OC)C(F)(F)F. The Morgan fingerprint density at radius 3 is 2.43 bits per heavy atom. The van der Waals surface area contributed by atoms with E-state index in [0.717, 1.165) is 12.2 Å². The minimum Gasteiger partial charge on any atom is -0.469 e. The number of carbonyl (C=O) groups excluding carboxylic acids is 1. The highest BCUT2D eigenvalue weighted by molar-refractivity contribution is 5.69. The second kappa shape index (κ2) is 5.47. The third-order valence-corrected chi connectivity index (χ3v) is 1.49. The molecule has 80 valence electrons. The summed E-state index contributed by atoms with van der Waals surface area (Å²) in [4.78, 5) is 10.6. The number of carbonyl (C=O) groups is 1. The van der Waals surface area contributed by atoms with E-state index < -0.39 is 17.7 Å². The molecule has 0 aliphatic carbocycles. The van der Waals surface area contributed by atoms with Crippen molar-refractivity contribution in [3.05, 3.63) is 24.3 Å². The van der Waals surface area contributed by atoms with Crippen LogP contribution >= 0.6 is 0 Å². The smallest absolute Gasteiger partial charge is 0.416 e. The van der Waals surface area contributed by atoms with Crippen LogP contribution in [0.5, 0.6) is 0 Å². The fraction of sp³-hybridized carbons (Fsp3) is 0.444. The first-order valence-electron chi connectivity index (χ1n) is 3.88. The Kier molecular flexibility index (Phi) is 4.97. The van der Waals surface area contributed by atoms with Crippen LogP contribution in [0.2, 0.25) is 0 Å². The number of alkyl halides is 3. The maximum absolute atomic E-state index is 12.1. The fourth-order valence-corrected chi connectivity index (χ4v) is 0.762. The maximum Gasteiger partial charge on any atom is 0.416 e. The molecule has 0 fully saturated rings.